The van der Waals surface area contributed by atoms with Gasteiger partial charge in [-0.3, -0.25) is 4.79 Å². The molecule has 84 valence electrons. The van der Waals surface area contributed by atoms with Crippen LogP contribution in [0.4, 0.5) is 0 Å². The smallest absolute Gasteiger partial charge is 0.384 e. The minimum absolute atomic E-state index is 0.0221. The lowest BCUT2D eigenvalue weighted by molar-refractivity contribution is -0.137. The summed E-state index contributed by atoms with van der Waals surface area (Å²) in [5, 5.41) is 10.3. The Labute approximate surface area is 96.9 Å². The first-order chi connectivity index (χ1) is 7.61. The standard InChI is InChI=1S/C11H10O4S/c1-2-15-11(14)4-3-8-5-9(16-7-8)6-10(12)13/h5,7H,2,6H2,1H3,(H,12,13). The first-order valence-electron chi connectivity index (χ1n) is 4.59. The van der Waals surface area contributed by atoms with Gasteiger partial charge in [-0.15, -0.1) is 11.3 Å². The summed E-state index contributed by atoms with van der Waals surface area (Å²) < 4.78 is 4.63. The van der Waals surface area contributed by atoms with Crippen LogP contribution in [0.2, 0.25) is 0 Å². The molecule has 0 fully saturated rings. The van der Waals surface area contributed by atoms with Crippen molar-refractivity contribution >= 4 is 23.3 Å². The Morgan fingerprint density at radius 1 is 1.56 bits per heavy atom. The van der Waals surface area contributed by atoms with Crippen LogP contribution in [0.1, 0.15) is 17.4 Å². The SMILES string of the molecule is CCOC(=O)C#Cc1csc(CC(=O)O)c1. The van der Waals surface area contributed by atoms with E-state index in [1.165, 1.54) is 11.3 Å². The molecular weight excluding hydrogens is 228 g/mol. The third-order valence-corrected chi connectivity index (χ3v) is 2.50. The molecule has 1 aromatic heterocycles. The van der Waals surface area contributed by atoms with Gasteiger partial charge in [0.2, 0.25) is 0 Å². The Morgan fingerprint density at radius 2 is 2.31 bits per heavy atom. The minimum atomic E-state index is -0.883. The molecule has 0 aliphatic heterocycles. The molecule has 1 heterocycles. The topological polar surface area (TPSA) is 63.6 Å². The number of aliphatic carboxylic acids is 1. The summed E-state index contributed by atoms with van der Waals surface area (Å²) in [6.07, 6.45) is -0.0221. The molecule has 16 heavy (non-hydrogen) atoms. The second-order valence-electron chi connectivity index (χ2n) is 2.84. The van der Waals surface area contributed by atoms with E-state index in [-0.39, 0.29) is 6.42 Å². The van der Waals surface area contributed by atoms with Crippen molar-refractivity contribution < 1.29 is 19.4 Å². The Kier molecular flexibility index (Phi) is 4.55. The summed E-state index contributed by atoms with van der Waals surface area (Å²) >= 11 is 1.31. The van der Waals surface area contributed by atoms with Crippen molar-refractivity contribution in [2.45, 2.75) is 13.3 Å². The summed E-state index contributed by atoms with van der Waals surface area (Å²) in [5.74, 6) is 3.47. The van der Waals surface area contributed by atoms with Crippen LogP contribution in [0.3, 0.4) is 0 Å². The zero-order valence-electron chi connectivity index (χ0n) is 8.65. The van der Waals surface area contributed by atoms with Crippen molar-refractivity contribution in [1.82, 2.24) is 0 Å². The van der Waals surface area contributed by atoms with Crippen LogP contribution < -0.4 is 0 Å². The lowest BCUT2D eigenvalue weighted by Crippen LogP contribution is -1.99. The largest absolute Gasteiger partial charge is 0.481 e. The molecule has 0 saturated carbocycles. The molecule has 1 N–H and O–H groups in total. The van der Waals surface area contributed by atoms with Crippen LogP contribution in [0, 0.1) is 11.8 Å². The fourth-order valence-electron chi connectivity index (χ4n) is 0.978. The number of thiophene rings is 1. The van der Waals surface area contributed by atoms with Crippen LogP contribution >= 0.6 is 11.3 Å². The monoisotopic (exact) mass is 238 g/mol. The Hall–Kier alpha value is -1.80. The van der Waals surface area contributed by atoms with Crippen molar-refractivity contribution in [2.75, 3.05) is 6.61 Å². The first-order valence-corrected chi connectivity index (χ1v) is 5.47. The second-order valence-corrected chi connectivity index (χ2v) is 3.84. The third-order valence-electron chi connectivity index (χ3n) is 1.56. The number of hydrogen-bond acceptors (Lipinski definition) is 4. The van der Waals surface area contributed by atoms with Crippen molar-refractivity contribution in [3.05, 3.63) is 21.9 Å². The Bertz CT molecular complexity index is 450. The number of carboxylic acid groups (broad SMARTS) is 1. The van der Waals surface area contributed by atoms with E-state index < -0.39 is 11.9 Å². The van der Waals surface area contributed by atoms with E-state index in [1.807, 2.05) is 0 Å². The van der Waals surface area contributed by atoms with Gasteiger partial charge in [0.05, 0.1) is 13.0 Å². The molecule has 0 bridgehead atoms. The van der Waals surface area contributed by atoms with E-state index in [1.54, 1.807) is 18.4 Å². The summed E-state index contributed by atoms with van der Waals surface area (Å²) in [5.41, 5.74) is 0.634. The number of carbonyl (C=O) groups is 2. The van der Waals surface area contributed by atoms with Gasteiger partial charge in [0.25, 0.3) is 0 Å². The maximum Gasteiger partial charge on any atom is 0.384 e. The lowest BCUT2D eigenvalue weighted by Gasteiger charge is -1.90. The molecule has 0 spiro atoms. The fraction of sp³-hybridized carbons (Fsp3) is 0.273. The van der Waals surface area contributed by atoms with E-state index in [0.717, 1.165) is 0 Å². The zero-order chi connectivity index (χ0) is 12.0. The van der Waals surface area contributed by atoms with Gasteiger partial charge in [-0.25, -0.2) is 4.79 Å². The van der Waals surface area contributed by atoms with E-state index in [2.05, 4.69) is 16.6 Å². The number of hydrogen-bond donors (Lipinski definition) is 1. The van der Waals surface area contributed by atoms with Crippen LogP contribution in [0.25, 0.3) is 0 Å². The Morgan fingerprint density at radius 3 is 2.94 bits per heavy atom. The maximum atomic E-state index is 10.9. The van der Waals surface area contributed by atoms with Gasteiger partial charge < -0.3 is 9.84 Å². The first kappa shape index (κ1) is 12.3. The number of ether oxygens (including phenoxy) is 1. The average Bonchev–Trinajstić information content (AvgIpc) is 2.62. The van der Waals surface area contributed by atoms with Crippen molar-refractivity contribution in [2.24, 2.45) is 0 Å². The van der Waals surface area contributed by atoms with Gasteiger partial charge in [-0.2, -0.15) is 0 Å². The van der Waals surface area contributed by atoms with Crippen molar-refractivity contribution in [3.8, 4) is 11.8 Å². The zero-order valence-corrected chi connectivity index (χ0v) is 9.47. The lowest BCUT2D eigenvalue weighted by atomic mass is 10.3. The number of rotatable bonds is 3. The molecule has 4 nitrogen and oxygen atoms in total. The molecular formula is C11H10O4S. The quantitative estimate of drug-likeness (QED) is 0.636. The summed E-state index contributed by atoms with van der Waals surface area (Å²) in [7, 11) is 0. The van der Waals surface area contributed by atoms with E-state index >= 15 is 0 Å². The van der Waals surface area contributed by atoms with Gasteiger partial charge in [0, 0.05) is 21.7 Å². The van der Waals surface area contributed by atoms with Gasteiger partial charge in [0.15, 0.2) is 0 Å². The predicted molar refractivity (Wildman–Crippen MR) is 59.2 cm³/mol. The van der Waals surface area contributed by atoms with Crippen LogP contribution in [-0.4, -0.2) is 23.7 Å². The molecule has 1 aromatic rings. The van der Waals surface area contributed by atoms with Crippen molar-refractivity contribution in [1.29, 1.82) is 0 Å². The van der Waals surface area contributed by atoms with Gasteiger partial charge in [-0.05, 0) is 13.0 Å². The fourth-order valence-corrected chi connectivity index (χ4v) is 1.79. The molecule has 1 rings (SSSR count). The summed E-state index contributed by atoms with van der Waals surface area (Å²) in [6, 6.07) is 1.66. The van der Waals surface area contributed by atoms with Crippen LogP contribution in [0.5, 0.6) is 0 Å². The van der Waals surface area contributed by atoms with Gasteiger partial charge in [0.1, 0.15) is 0 Å². The number of carboxylic acids is 1. The second kappa shape index (κ2) is 5.93. The van der Waals surface area contributed by atoms with E-state index in [0.29, 0.717) is 17.0 Å². The molecule has 0 unspecified atom stereocenters. The number of carbonyl (C=O) groups excluding carboxylic acids is 1. The molecule has 0 aliphatic rings. The highest BCUT2D eigenvalue weighted by atomic mass is 32.1. The van der Waals surface area contributed by atoms with Gasteiger partial charge in [-0.1, -0.05) is 5.92 Å². The Balaban J connectivity index is 2.64. The molecule has 0 radical (unpaired) electrons. The van der Waals surface area contributed by atoms with E-state index in [9.17, 15) is 9.59 Å². The maximum absolute atomic E-state index is 10.9. The highest BCUT2D eigenvalue weighted by molar-refractivity contribution is 7.10. The highest BCUT2D eigenvalue weighted by Crippen LogP contribution is 2.14. The van der Waals surface area contributed by atoms with Crippen molar-refractivity contribution in [3.63, 3.8) is 0 Å². The summed E-state index contributed by atoms with van der Waals surface area (Å²) in [4.78, 5) is 22.0. The minimum Gasteiger partial charge on any atom is -0.481 e. The molecule has 0 saturated heterocycles. The average molecular weight is 238 g/mol. The normalized spacial score (nSPS) is 9.06. The number of esters is 1. The molecule has 5 heteroatoms. The molecule has 0 aliphatic carbocycles. The molecule has 0 atom stereocenters. The van der Waals surface area contributed by atoms with Gasteiger partial charge >= 0.3 is 11.9 Å². The predicted octanol–water partition coefficient (Wildman–Crippen LogP) is 1.29. The van der Waals surface area contributed by atoms with E-state index in [4.69, 9.17) is 5.11 Å². The van der Waals surface area contributed by atoms with Crippen LogP contribution in [-0.2, 0) is 20.7 Å². The third kappa shape index (κ3) is 4.15. The molecule has 0 amide bonds. The van der Waals surface area contributed by atoms with Crippen LogP contribution in [0.15, 0.2) is 11.4 Å². The summed E-state index contributed by atoms with van der Waals surface area (Å²) in [6.45, 7) is 2.00. The molecule has 0 aromatic carbocycles. The highest BCUT2D eigenvalue weighted by Gasteiger charge is 2.03.